The van der Waals surface area contributed by atoms with Crippen molar-refractivity contribution >= 4 is 5.65 Å². The summed E-state index contributed by atoms with van der Waals surface area (Å²) in [7, 11) is 6.46. The Balaban J connectivity index is 2.09. The van der Waals surface area contributed by atoms with Crippen LogP contribution in [0.3, 0.4) is 0 Å². The Morgan fingerprint density at radius 2 is 1.39 bits per heavy atom. The van der Waals surface area contributed by atoms with Gasteiger partial charge in [-0.2, -0.15) is 5.10 Å². The number of aryl methyl sites for hydroxylation is 2. The number of nitrogens with zero attached hydrogens (tertiary/aromatic N) is 3. The Hall–Kier alpha value is -3.74. The third-order valence-electron chi connectivity index (χ3n) is 5.22. The van der Waals surface area contributed by atoms with Crippen LogP contribution >= 0.6 is 0 Å². The van der Waals surface area contributed by atoms with E-state index < -0.39 is 0 Å². The molecule has 0 radical (unpaired) electrons. The third-order valence-corrected chi connectivity index (χ3v) is 5.22. The highest BCUT2D eigenvalue weighted by Crippen LogP contribution is 2.44. The fraction of sp³-hybridized carbons (Fsp3) is 0.250. The van der Waals surface area contributed by atoms with Gasteiger partial charge in [0.25, 0.3) is 0 Å². The maximum Gasteiger partial charge on any atom is 0.203 e. The van der Waals surface area contributed by atoms with Crippen LogP contribution in [0.4, 0.5) is 0 Å². The molecule has 0 bridgehead atoms. The minimum absolute atomic E-state index is 0.540. The van der Waals surface area contributed by atoms with E-state index in [-0.39, 0.29) is 0 Å². The van der Waals surface area contributed by atoms with E-state index in [2.05, 4.69) is 0 Å². The molecule has 2 aromatic carbocycles. The van der Waals surface area contributed by atoms with Gasteiger partial charge in [0.15, 0.2) is 17.1 Å². The lowest BCUT2D eigenvalue weighted by Gasteiger charge is -2.18. The van der Waals surface area contributed by atoms with Crippen molar-refractivity contribution in [2.45, 2.75) is 13.8 Å². The summed E-state index contributed by atoms with van der Waals surface area (Å²) in [6, 6.07) is 13.7. The number of methoxy groups -OCH3 is 4. The topological polar surface area (TPSA) is 67.1 Å². The van der Waals surface area contributed by atoms with Crippen molar-refractivity contribution in [2.24, 2.45) is 0 Å². The number of hydrogen-bond donors (Lipinski definition) is 0. The van der Waals surface area contributed by atoms with Crippen molar-refractivity contribution in [2.75, 3.05) is 28.4 Å². The van der Waals surface area contributed by atoms with Crippen molar-refractivity contribution in [3.63, 3.8) is 0 Å². The molecule has 0 aliphatic carbocycles. The average molecular weight is 419 g/mol. The minimum Gasteiger partial charge on any atom is -0.497 e. The normalized spacial score (nSPS) is 10.9. The Bertz CT molecular complexity index is 1220. The van der Waals surface area contributed by atoms with Crippen LogP contribution in [0.25, 0.3) is 28.0 Å². The lowest BCUT2D eigenvalue weighted by atomic mass is 9.97. The Labute approximate surface area is 181 Å². The molecule has 0 aliphatic heterocycles. The lowest BCUT2D eigenvalue weighted by Crippen LogP contribution is -2.04. The van der Waals surface area contributed by atoms with Crippen LogP contribution in [0.2, 0.25) is 0 Å². The Morgan fingerprint density at radius 1 is 0.742 bits per heavy atom. The van der Waals surface area contributed by atoms with Crippen molar-refractivity contribution < 1.29 is 18.9 Å². The molecule has 160 valence electrons. The summed E-state index contributed by atoms with van der Waals surface area (Å²) in [5.41, 5.74) is 6.28. The van der Waals surface area contributed by atoms with Gasteiger partial charge >= 0.3 is 0 Å². The fourth-order valence-corrected chi connectivity index (χ4v) is 3.82. The predicted octanol–water partition coefficient (Wildman–Crippen LogP) is 4.71. The van der Waals surface area contributed by atoms with Gasteiger partial charge in [-0.05, 0) is 43.7 Å². The average Bonchev–Trinajstić information content (AvgIpc) is 3.16. The summed E-state index contributed by atoms with van der Waals surface area (Å²) in [5.74, 6) is 2.48. The van der Waals surface area contributed by atoms with E-state index in [0.717, 1.165) is 45.2 Å². The summed E-state index contributed by atoms with van der Waals surface area (Å²) in [5, 5.41) is 4.72. The molecule has 0 fully saturated rings. The molecule has 0 spiro atoms. The Kier molecular flexibility index (Phi) is 5.42. The zero-order chi connectivity index (χ0) is 22.1. The van der Waals surface area contributed by atoms with E-state index in [1.807, 2.05) is 60.8 Å². The van der Waals surface area contributed by atoms with E-state index >= 15 is 0 Å². The molecule has 7 nitrogen and oxygen atoms in total. The third kappa shape index (κ3) is 3.52. The number of fused-ring (bicyclic) bond motifs is 1. The zero-order valence-corrected chi connectivity index (χ0v) is 18.5. The van der Waals surface area contributed by atoms with Crippen LogP contribution in [-0.4, -0.2) is 43.0 Å². The van der Waals surface area contributed by atoms with Crippen LogP contribution in [0.5, 0.6) is 23.0 Å². The number of rotatable bonds is 6. The van der Waals surface area contributed by atoms with Gasteiger partial charge in [-0.3, -0.25) is 0 Å². The molecule has 0 saturated heterocycles. The highest BCUT2D eigenvalue weighted by molar-refractivity contribution is 5.86. The van der Waals surface area contributed by atoms with Crippen molar-refractivity contribution in [3.05, 3.63) is 53.9 Å². The molecule has 0 atom stereocenters. The molecule has 0 unspecified atom stereocenters. The molecule has 0 N–H and O–H groups in total. The van der Waals surface area contributed by atoms with Gasteiger partial charge in [-0.1, -0.05) is 12.1 Å². The first-order valence-electron chi connectivity index (χ1n) is 9.82. The molecule has 0 saturated carbocycles. The van der Waals surface area contributed by atoms with Crippen molar-refractivity contribution in [3.8, 4) is 45.4 Å². The monoisotopic (exact) mass is 419 g/mol. The van der Waals surface area contributed by atoms with Gasteiger partial charge in [0.05, 0.1) is 39.8 Å². The first-order chi connectivity index (χ1) is 15.0. The maximum atomic E-state index is 5.60. The van der Waals surface area contributed by atoms with E-state index in [4.69, 9.17) is 29.0 Å². The number of ether oxygens (including phenoxy) is 4. The summed E-state index contributed by atoms with van der Waals surface area (Å²) >= 11 is 0. The second kappa shape index (κ2) is 8.18. The molecule has 7 heteroatoms. The van der Waals surface area contributed by atoms with E-state index in [9.17, 15) is 0 Å². The van der Waals surface area contributed by atoms with E-state index in [0.29, 0.717) is 17.2 Å². The van der Waals surface area contributed by atoms with Gasteiger partial charge in [-0.25, -0.2) is 9.50 Å². The molecule has 0 amide bonds. The quantitative estimate of drug-likeness (QED) is 0.451. The fourth-order valence-electron chi connectivity index (χ4n) is 3.82. The van der Waals surface area contributed by atoms with Gasteiger partial charge in [0.2, 0.25) is 5.75 Å². The zero-order valence-electron chi connectivity index (χ0n) is 18.5. The first kappa shape index (κ1) is 20.5. The van der Waals surface area contributed by atoms with Crippen molar-refractivity contribution in [1.29, 1.82) is 0 Å². The molecule has 0 aliphatic rings. The summed E-state index contributed by atoms with van der Waals surface area (Å²) in [4.78, 5) is 4.80. The number of hydrogen-bond acceptors (Lipinski definition) is 6. The van der Waals surface area contributed by atoms with Gasteiger partial charge in [-0.15, -0.1) is 0 Å². The minimum atomic E-state index is 0.540. The van der Waals surface area contributed by atoms with E-state index in [1.165, 1.54) is 0 Å². The molecular weight excluding hydrogens is 394 g/mol. The Morgan fingerprint density at radius 3 is 1.94 bits per heavy atom. The smallest absolute Gasteiger partial charge is 0.203 e. The molecule has 2 aromatic heterocycles. The summed E-state index contributed by atoms with van der Waals surface area (Å²) in [6.45, 7) is 3.96. The van der Waals surface area contributed by atoms with E-state index in [1.54, 1.807) is 28.4 Å². The molecule has 4 rings (SSSR count). The highest BCUT2D eigenvalue weighted by atomic mass is 16.5. The summed E-state index contributed by atoms with van der Waals surface area (Å²) < 4.78 is 23.9. The molecule has 2 heterocycles. The van der Waals surface area contributed by atoms with Gasteiger partial charge in [0, 0.05) is 22.9 Å². The molecule has 31 heavy (non-hydrogen) atoms. The molecular formula is C24H25N3O4. The second-order valence-corrected chi connectivity index (χ2v) is 7.12. The second-order valence-electron chi connectivity index (χ2n) is 7.12. The maximum absolute atomic E-state index is 5.60. The summed E-state index contributed by atoms with van der Waals surface area (Å²) in [6.07, 6.45) is 0. The van der Waals surface area contributed by atoms with Gasteiger partial charge in [0.1, 0.15) is 5.75 Å². The van der Waals surface area contributed by atoms with Gasteiger partial charge < -0.3 is 18.9 Å². The SMILES string of the molecule is COc1ccc(-c2c(C)nc3cc(C)nn3c2-c2cc(OC)c(OC)c(OC)c2)cc1. The lowest BCUT2D eigenvalue weighted by molar-refractivity contribution is 0.324. The number of benzene rings is 2. The molecule has 4 aromatic rings. The largest absolute Gasteiger partial charge is 0.497 e. The number of aromatic nitrogens is 3. The van der Waals surface area contributed by atoms with Crippen LogP contribution in [0.1, 0.15) is 11.4 Å². The van der Waals surface area contributed by atoms with Crippen LogP contribution in [0.15, 0.2) is 42.5 Å². The standard InChI is InChI=1S/C24H25N3O4/c1-14-11-21-25-15(2)22(16-7-9-18(28-3)10-8-16)23(27(21)26-14)17-12-19(29-4)24(31-6)20(13-17)30-5/h7-13H,1-6H3. The first-order valence-corrected chi connectivity index (χ1v) is 9.82. The van der Waals surface area contributed by atoms with Crippen LogP contribution in [-0.2, 0) is 0 Å². The van der Waals surface area contributed by atoms with Crippen LogP contribution in [0, 0.1) is 13.8 Å². The van der Waals surface area contributed by atoms with Crippen molar-refractivity contribution in [1.82, 2.24) is 14.6 Å². The predicted molar refractivity (Wildman–Crippen MR) is 120 cm³/mol. The van der Waals surface area contributed by atoms with Crippen LogP contribution < -0.4 is 18.9 Å². The highest BCUT2D eigenvalue weighted by Gasteiger charge is 2.22.